The van der Waals surface area contributed by atoms with Gasteiger partial charge in [-0.3, -0.25) is 9.69 Å². The highest BCUT2D eigenvalue weighted by atomic mass is 16.5. The van der Waals surface area contributed by atoms with Crippen molar-refractivity contribution < 1.29 is 9.53 Å². The zero-order valence-electron chi connectivity index (χ0n) is 13.9. The van der Waals surface area contributed by atoms with Crippen molar-refractivity contribution >= 4 is 6.29 Å². The Morgan fingerprint density at radius 2 is 2.00 bits per heavy atom. The summed E-state index contributed by atoms with van der Waals surface area (Å²) in [4.78, 5) is 13.9. The molecular weight excluding hydrogens is 274 g/mol. The number of carbonyl (C=O) groups excluding carboxylic acids is 1. The summed E-state index contributed by atoms with van der Waals surface area (Å²) in [6.45, 7) is 7.61. The van der Waals surface area contributed by atoms with Gasteiger partial charge in [0.1, 0.15) is 0 Å². The van der Waals surface area contributed by atoms with Gasteiger partial charge in [-0.25, -0.2) is 0 Å². The average Bonchev–Trinajstić information content (AvgIpc) is 2.50. The molecule has 1 aromatic rings. The molecule has 22 heavy (non-hydrogen) atoms. The minimum Gasteiger partial charge on any atom is -0.352 e. The summed E-state index contributed by atoms with van der Waals surface area (Å²) < 4.78 is 6.19. The number of fused-ring (bicyclic) bond motifs is 1. The molecule has 0 spiro atoms. The maximum atomic E-state index is 11.6. The van der Waals surface area contributed by atoms with Crippen LogP contribution >= 0.6 is 0 Å². The van der Waals surface area contributed by atoms with Crippen LogP contribution in [0.25, 0.3) is 0 Å². The second-order valence-electron chi connectivity index (χ2n) is 7.49. The molecule has 3 heteroatoms. The van der Waals surface area contributed by atoms with E-state index in [1.165, 1.54) is 18.4 Å². The van der Waals surface area contributed by atoms with Crippen LogP contribution in [0.5, 0.6) is 0 Å². The van der Waals surface area contributed by atoms with Gasteiger partial charge in [0.05, 0.1) is 6.10 Å². The van der Waals surface area contributed by atoms with Crippen molar-refractivity contribution in [2.24, 2.45) is 11.8 Å². The first-order chi connectivity index (χ1) is 10.5. The van der Waals surface area contributed by atoms with Gasteiger partial charge >= 0.3 is 0 Å². The minimum absolute atomic E-state index is 0.0233. The predicted molar refractivity (Wildman–Crippen MR) is 87.3 cm³/mol. The Labute approximate surface area is 133 Å². The molecule has 0 radical (unpaired) electrons. The first-order valence-corrected chi connectivity index (χ1v) is 8.44. The predicted octanol–water partition coefficient (Wildman–Crippen LogP) is 3.63. The molecule has 1 saturated carbocycles. The standard InChI is InChI=1S/C19H27NO2/c1-14-9-10-16-17(11-14)22-18(13-21)20(19(16,2)3)12-15-7-5-4-6-8-15/h4-8,13-14,16-18H,9-12H2,1-3H3/t14-,16-,17-,18+/m1/s1. The van der Waals surface area contributed by atoms with Gasteiger partial charge in [0.25, 0.3) is 0 Å². The van der Waals surface area contributed by atoms with Gasteiger partial charge in [-0.15, -0.1) is 0 Å². The lowest BCUT2D eigenvalue weighted by atomic mass is 9.69. The largest absolute Gasteiger partial charge is 0.352 e. The molecule has 2 fully saturated rings. The van der Waals surface area contributed by atoms with Crippen LogP contribution in [0.4, 0.5) is 0 Å². The normalized spacial score (nSPS) is 34.9. The number of nitrogens with zero attached hydrogens (tertiary/aromatic N) is 1. The van der Waals surface area contributed by atoms with Crippen molar-refractivity contribution in [3.05, 3.63) is 35.9 Å². The molecule has 1 aromatic carbocycles. The van der Waals surface area contributed by atoms with Crippen LogP contribution in [-0.4, -0.2) is 29.1 Å². The SMILES string of the molecule is C[C@@H]1CC[C@@H]2[C@@H](C1)O[C@@H](C=O)N(Cc1ccccc1)C2(C)C. The molecule has 0 aromatic heterocycles. The molecule has 0 unspecified atom stereocenters. The number of hydrogen-bond acceptors (Lipinski definition) is 3. The summed E-state index contributed by atoms with van der Waals surface area (Å²) in [5.41, 5.74) is 1.21. The van der Waals surface area contributed by atoms with Gasteiger partial charge in [-0.05, 0) is 38.2 Å². The lowest BCUT2D eigenvalue weighted by Crippen LogP contribution is -2.64. The quantitative estimate of drug-likeness (QED) is 0.799. The molecule has 0 N–H and O–H groups in total. The fourth-order valence-electron chi connectivity index (χ4n) is 4.26. The van der Waals surface area contributed by atoms with Crippen LogP contribution in [0.1, 0.15) is 45.6 Å². The number of ether oxygens (including phenoxy) is 1. The van der Waals surface area contributed by atoms with Crippen molar-refractivity contribution in [3.8, 4) is 0 Å². The number of benzene rings is 1. The molecule has 3 nitrogen and oxygen atoms in total. The molecule has 4 atom stereocenters. The highest BCUT2D eigenvalue weighted by Gasteiger charge is 2.50. The second-order valence-corrected chi connectivity index (χ2v) is 7.49. The summed E-state index contributed by atoms with van der Waals surface area (Å²) in [5.74, 6) is 1.20. The maximum Gasteiger partial charge on any atom is 0.168 e. The summed E-state index contributed by atoms with van der Waals surface area (Å²) in [6.07, 6.45) is 4.30. The van der Waals surface area contributed by atoms with E-state index in [2.05, 4.69) is 37.8 Å². The van der Waals surface area contributed by atoms with Crippen molar-refractivity contribution in [3.63, 3.8) is 0 Å². The fraction of sp³-hybridized carbons (Fsp3) is 0.632. The Kier molecular flexibility index (Phi) is 4.37. The molecule has 120 valence electrons. The van der Waals surface area contributed by atoms with E-state index < -0.39 is 6.23 Å². The zero-order valence-corrected chi connectivity index (χ0v) is 13.9. The number of hydrogen-bond donors (Lipinski definition) is 0. The smallest absolute Gasteiger partial charge is 0.168 e. The number of aldehydes is 1. The van der Waals surface area contributed by atoms with E-state index >= 15 is 0 Å². The number of rotatable bonds is 3. The van der Waals surface area contributed by atoms with Crippen LogP contribution < -0.4 is 0 Å². The van der Waals surface area contributed by atoms with E-state index in [4.69, 9.17) is 4.74 Å². The van der Waals surface area contributed by atoms with E-state index in [9.17, 15) is 4.79 Å². The molecule has 2 aliphatic rings. The first-order valence-electron chi connectivity index (χ1n) is 8.44. The third kappa shape index (κ3) is 2.84. The third-order valence-corrected chi connectivity index (χ3v) is 5.64. The molecule has 1 saturated heterocycles. The average molecular weight is 301 g/mol. The van der Waals surface area contributed by atoms with Gasteiger partial charge in [-0.2, -0.15) is 0 Å². The molecule has 0 amide bonds. The fourth-order valence-corrected chi connectivity index (χ4v) is 4.26. The Morgan fingerprint density at radius 1 is 1.27 bits per heavy atom. The Hall–Kier alpha value is -1.19. The third-order valence-electron chi connectivity index (χ3n) is 5.64. The molecule has 0 bridgehead atoms. The molecule has 1 aliphatic heterocycles. The molecular formula is C19H27NO2. The van der Waals surface area contributed by atoms with Crippen LogP contribution in [0.2, 0.25) is 0 Å². The Morgan fingerprint density at radius 3 is 2.68 bits per heavy atom. The highest BCUT2D eigenvalue weighted by molar-refractivity contribution is 5.56. The molecule has 1 heterocycles. The van der Waals surface area contributed by atoms with Gasteiger partial charge in [0.2, 0.25) is 0 Å². The Balaban J connectivity index is 1.86. The topological polar surface area (TPSA) is 29.5 Å². The second kappa shape index (κ2) is 6.13. The Bertz CT molecular complexity index is 513. The van der Waals surface area contributed by atoms with E-state index in [1.807, 2.05) is 18.2 Å². The molecule has 1 aliphatic carbocycles. The van der Waals surface area contributed by atoms with Gasteiger partial charge in [0.15, 0.2) is 12.5 Å². The highest BCUT2D eigenvalue weighted by Crippen LogP contribution is 2.45. The van der Waals surface area contributed by atoms with Crippen LogP contribution in [0.3, 0.4) is 0 Å². The first kappa shape index (κ1) is 15.7. The van der Waals surface area contributed by atoms with Gasteiger partial charge < -0.3 is 4.74 Å². The lowest BCUT2D eigenvalue weighted by Gasteiger charge is -2.56. The van der Waals surface area contributed by atoms with Gasteiger partial charge in [0, 0.05) is 18.0 Å². The van der Waals surface area contributed by atoms with Gasteiger partial charge in [-0.1, -0.05) is 43.7 Å². The molecule has 3 rings (SSSR count). The van der Waals surface area contributed by atoms with Crippen LogP contribution in [-0.2, 0) is 16.1 Å². The summed E-state index contributed by atoms with van der Waals surface area (Å²) in [6, 6.07) is 10.4. The summed E-state index contributed by atoms with van der Waals surface area (Å²) in [5, 5.41) is 0. The van der Waals surface area contributed by atoms with Crippen LogP contribution in [0.15, 0.2) is 30.3 Å². The summed E-state index contributed by atoms with van der Waals surface area (Å²) >= 11 is 0. The zero-order chi connectivity index (χ0) is 15.7. The minimum atomic E-state index is -0.429. The monoisotopic (exact) mass is 301 g/mol. The number of carbonyl (C=O) groups is 1. The maximum absolute atomic E-state index is 11.6. The summed E-state index contributed by atoms with van der Waals surface area (Å²) in [7, 11) is 0. The van der Waals surface area contributed by atoms with Crippen molar-refractivity contribution in [1.82, 2.24) is 4.90 Å². The van der Waals surface area contributed by atoms with E-state index in [-0.39, 0.29) is 11.6 Å². The van der Waals surface area contributed by atoms with E-state index in [0.717, 1.165) is 19.3 Å². The van der Waals surface area contributed by atoms with E-state index in [0.29, 0.717) is 11.8 Å². The van der Waals surface area contributed by atoms with Crippen molar-refractivity contribution in [2.75, 3.05) is 0 Å². The van der Waals surface area contributed by atoms with E-state index in [1.54, 1.807) is 0 Å². The lowest BCUT2D eigenvalue weighted by molar-refractivity contribution is -0.225. The van der Waals surface area contributed by atoms with Crippen LogP contribution in [0, 0.1) is 11.8 Å². The van der Waals surface area contributed by atoms with Crippen molar-refractivity contribution in [1.29, 1.82) is 0 Å². The van der Waals surface area contributed by atoms with Crippen molar-refractivity contribution in [2.45, 2.75) is 64.4 Å².